The van der Waals surface area contributed by atoms with Crippen LogP contribution in [-0.4, -0.2) is 34.7 Å². The highest BCUT2D eigenvalue weighted by molar-refractivity contribution is 5.75. The van der Waals surface area contributed by atoms with E-state index in [4.69, 9.17) is 0 Å². The fraction of sp³-hybridized carbons (Fsp3) is 0.118. The first-order valence-electron chi connectivity index (χ1n) is 7.83. The number of fused-ring (bicyclic) bond motifs is 1. The largest absolute Gasteiger partial charge is 0.503 e. The second kappa shape index (κ2) is 6.36. The van der Waals surface area contributed by atoms with Crippen LogP contribution in [0.5, 0.6) is 5.75 Å². The first kappa shape index (κ1) is 15.9. The van der Waals surface area contributed by atoms with Crippen molar-refractivity contribution in [3.05, 3.63) is 60.8 Å². The topological polar surface area (TPSA) is 101 Å². The zero-order valence-electron chi connectivity index (χ0n) is 13.7. The number of hydrogen-bond donors (Lipinski definition) is 2. The molecule has 26 heavy (non-hydrogen) atoms. The fourth-order valence-corrected chi connectivity index (χ4v) is 2.54. The summed E-state index contributed by atoms with van der Waals surface area (Å²) in [4.78, 5) is 16.7. The van der Waals surface area contributed by atoms with Gasteiger partial charge in [0.05, 0.1) is 47.6 Å². The number of aromatic hydroxyl groups is 1. The first-order valence-corrected chi connectivity index (χ1v) is 7.83. The van der Waals surface area contributed by atoms with Gasteiger partial charge >= 0.3 is 0 Å². The maximum Gasteiger partial charge on any atom is 0.176 e. The van der Waals surface area contributed by atoms with Crippen LogP contribution in [0.25, 0.3) is 16.9 Å². The maximum atomic E-state index is 13.0. The molecule has 0 radical (unpaired) electrons. The van der Waals surface area contributed by atoms with E-state index in [9.17, 15) is 9.50 Å². The van der Waals surface area contributed by atoms with E-state index >= 15 is 0 Å². The molecule has 0 spiro atoms. The molecule has 4 heterocycles. The van der Waals surface area contributed by atoms with Crippen LogP contribution in [0.2, 0.25) is 0 Å². The molecule has 4 rings (SSSR count). The third kappa shape index (κ3) is 2.90. The zero-order chi connectivity index (χ0) is 18.1. The molecule has 8 nitrogen and oxygen atoms in total. The molecule has 0 aromatic carbocycles. The highest BCUT2D eigenvalue weighted by Crippen LogP contribution is 2.28. The number of halogens is 1. The summed E-state index contributed by atoms with van der Waals surface area (Å²) in [6.45, 7) is 1.83. The summed E-state index contributed by atoms with van der Waals surface area (Å²) in [5, 5.41) is 17.4. The monoisotopic (exact) mass is 351 g/mol. The first-order chi connectivity index (χ1) is 12.6. The fourth-order valence-electron chi connectivity index (χ4n) is 2.54. The minimum absolute atomic E-state index is 0.0997. The second-order valence-corrected chi connectivity index (χ2v) is 5.66. The molecular formula is C17H14FN7O. The minimum atomic E-state index is -0.408. The SMILES string of the molecule is C[C@H](Nc1nc(-c2cnn3ccncc23)ncc1O)c1ccc(F)cn1. The highest BCUT2D eigenvalue weighted by Gasteiger charge is 2.15. The minimum Gasteiger partial charge on any atom is -0.503 e. The lowest BCUT2D eigenvalue weighted by Gasteiger charge is -2.15. The molecule has 130 valence electrons. The van der Waals surface area contributed by atoms with Gasteiger partial charge in [-0.2, -0.15) is 5.10 Å². The van der Waals surface area contributed by atoms with Crippen molar-refractivity contribution in [3.8, 4) is 17.1 Å². The molecule has 4 aromatic heterocycles. The van der Waals surface area contributed by atoms with Crippen molar-refractivity contribution < 1.29 is 9.50 Å². The average Bonchev–Trinajstić information content (AvgIpc) is 3.08. The summed E-state index contributed by atoms with van der Waals surface area (Å²) >= 11 is 0. The number of pyridine rings is 1. The predicted molar refractivity (Wildman–Crippen MR) is 91.9 cm³/mol. The molecule has 0 bridgehead atoms. The van der Waals surface area contributed by atoms with Gasteiger partial charge in [0, 0.05) is 12.4 Å². The highest BCUT2D eigenvalue weighted by atomic mass is 19.1. The normalized spacial score (nSPS) is 12.2. The van der Waals surface area contributed by atoms with E-state index in [1.165, 1.54) is 12.3 Å². The van der Waals surface area contributed by atoms with E-state index in [1.54, 1.807) is 35.4 Å². The van der Waals surface area contributed by atoms with Gasteiger partial charge in [-0.1, -0.05) is 0 Å². The van der Waals surface area contributed by atoms with Gasteiger partial charge in [-0.3, -0.25) is 9.97 Å². The van der Waals surface area contributed by atoms with Gasteiger partial charge in [0.25, 0.3) is 0 Å². The Labute approximate surface area is 147 Å². The summed E-state index contributed by atoms with van der Waals surface area (Å²) in [7, 11) is 0. The molecule has 0 amide bonds. The van der Waals surface area contributed by atoms with Crippen LogP contribution in [0, 0.1) is 5.82 Å². The Morgan fingerprint density at radius 1 is 1.15 bits per heavy atom. The summed E-state index contributed by atoms with van der Waals surface area (Å²) in [6, 6.07) is 2.61. The van der Waals surface area contributed by atoms with E-state index < -0.39 is 5.82 Å². The molecule has 0 aliphatic rings. The number of nitrogens with zero attached hydrogens (tertiary/aromatic N) is 6. The Kier molecular flexibility index (Phi) is 3.88. The third-order valence-corrected chi connectivity index (χ3v) is 3.88. The Balaban J connectivity index is 1.67. The van der Waals surface area contributed by atoms with Crippen LogP contribution in [0.3, 0.4) is 0 Å². The van der Waals surface area contributed by atoms with Crippen molar-refractivity contribution in [1.82, 2.24) is 29.5 Å². The van der Waals surface area contributed by atoms with Gasteiger partial charge in [0.1, 0.15) is 5.82 Å². The molecule has 0 fully saturated rings. The van der Waals surface area contributed by atoms with E-state index in [0.29, 0.717) is 17.1 Å². The Morgan fingerprint density at radius 3 is 2.85 bits per heavy atom. The number of aromatic nitrogens is 6. The number of anilines is 1. The van der Waals surface area contributed by atoms with Gasteiger partial charge in [-0.05, 0) is 19.1 Å². The van der Waals surface area contributed by atoms with Gasteiger partial charge in [0.2, 0.25) is 0 Å². The van der Waals surface area contributed by atoms with Gasteiger partial charge < -0.3 is 10.4 Å². The number of nitrogens with one attached hydrogen (secondary N) is 1. The van der Waals surface area contributed by atoms with E-state index in [-0.39, 0.29) is 17.6 Å². The Hall–Kier alpha value is -3.62. The number of hydrogen-bond acceptors (Lipinski definition) is 7. The summed E-state index contributed by atoms with van der Waals surface area (Å²) in [6.07, 6.45) is 9.11. The van der Waals surface area contributed by atoms with Crippen LogP contribution in [0.1, 0.15) is 18.7 Å². The lowest BCUT2D eigenvalue weighted by atomic mass is 10.2. The van der Waals surface area contributed by atoms with Crippen molar-refractivity contribution in [3.63, 3.8) is 0 Å². The van der Waals surface area contributed by atoms with Crippen LogP contribution in [0.15, 0.2) is 49.3 Å². The number of rotatable bonds is 4. The van der Waals surface area contributed by atoms with Crippen molar-refractivity contribution in [2.24, 2.45) is 0 Å². The van der Waals surface area contributed by atoms with E-state index in [0.717, 1.165) is 11.7 Å². The Morgan fingerprint density at radius 2 is 2.04 bits per heavy atom. The second-order valence-electron chi connectivity index (χ2n) is 5.66. The zero-order valence-corrected chi connectivity index (χ0v) is 13.7. The standard InChI is InChI=1S/C17H14FN7O/c1-10(13-3-2-11(18)6-20-13)23-17-15(26)9-21-16(24-17)12-7-22-25-5-4-19-8-14(12)25/h2-10,26H,1H3,(H,21,23,24)/t10-/m0/s1. The van der Waals surface area contributed by atoms with Crippen molar-refractivity contribution >= 4 is 11.3 Å². The van der Waals surface area contributed by atoms with Crippen LogP contribution >= 0.6 is 0 Å². The third-order valence-electron chi connectivity index (χ3n) is 3.88. The van der Waals surface area contributed by atoms with Crippen molar-refractivity contribution in [2.75, 3.05) is 5.32 Å². The molecule has 0 unspecified atom stereocenters. The van der Waals surface area contributed by atoms with Crippen LogP contribution in [0.4, 0.5) is 10.2 Å². The van der Waals surface area contributed by atoms with E-state index in [2.05, 4.69) is 30.4 Å². The average molecular weight is 351 g/mol. The molecule has 0 saturated carbocycles. The van der Waals surface area contributed by atoms with E-state index in [1.807, 2.05) is 6.92 Å². The molecule has 1 atom stereocenters. The van der Waals surface area contributed by atoms with Gasteiger partial charge in [0.15, 0.2) is 17.4 Å². The lowest BCUT2D eigenvalue weighted by Crippen LogP contribution is -2.10. The molecule has 4 aromatic rings. The van der Waals surface area contributed by atoms with Crippen LogP contribution < -0.4 is 5.32 Å². The van der Waals surface area contributed by atoms with Crippen molar-refractivity contribution in [2.45, 2.75) is 13.0 Å². The maximum absolute atomic E-state index is 13.0. The van der Waals surface area contributed by atoms with Gasteiger partial charge in [-0.15, -0.1) is 0 Å². The summed E-state index contributed by atoms with van der Waals surface area (Å²) in [5.41, 5.74) is 2.05. The van der Waals surface area contributed by atoms with Gasteiger partial charge in [-0.25, -0.2) is 18.9 Å². The molecule has 0 aliphatic heterocycles. The van der Waals surface area contributed by atoms with Crippen molar-refractivity contribution in [1.29, 1.82) is 0 Å². The summed E-state index contributed by atoms with van der Waals surface area (Å²) < 4.78 is 14.7. The Bertz CT molecular complexity index is 1060. The summed E-state index contributed by atoms with van der Waals surface area (Å²) in [5.74, 6) is 0.136. The predicted octanol–water partition coefficient (Wildman–Crippen LogP) is 2.60. The quantitative estimate of drug-likeness (QED) is 0.583. The van der Waals surface area contributed by atoms with Crippen LogP contribution in [-0.2, 0) is 0 Å². The molecule has 0 aliphatic carbocycles. The molecule has 0 saturated heterocycles. The smallest absolute Gasteiger partial charge is 0.176 e. The lowest BCUT2D eigenvalue weighted by molar-refractivity contribution is 0.471. The molecule has 2 N–H and O–H groups in total. The molecular weight excluding hydrogens is 337 g/mol. The molecule has 9 heteroatoms.